The third-order valence-corrected chi connectivity index (χ3v) is 3.35. The van der Waals surface area contributed by atoms with E-state index in [4.69, 9.17) is 27.9 Å². The van der Waals surface area contributed by atoms with Crippen molar-refractivity contribution in [2.75, 3.05) is 13.2 Å². The van der Waals surface area contributed by atoms with Crippen LogP contribution >= 0.6 is 23.2 Å². The molecule has 0 aliphatic rings. The first-order chi connectivity index (χ1) is 12.3. The number of ketones is 1. The molecule has 1 rings (SSSR count). The molecule has 0 saturated heterocycles. The zero-order chi connectivity index (χ0) is 19.5. The summed E-state index contributed by atoms with van der Waals surface area (Å²) in [4.78, 5) is 50.3. The summed E-state index contributed by atoms with van der Waals surface area (Å²) in [6, 6.07) is 4.46. The van der Waals surface area contributed by atoms with Crippen LogP contribution in [0, 0.1) is 0 Å². The van der Waals surface area contributed by atoms with Crippen molar-refractivity contribution in [1.82, 2.24) is 5.48 Å². The van der Waals surface area contributed by atoms with E-state index in [9.17, 15) is 19.2 Å². The van der Waals surface area contributed by atoms with Gasteiger partial charge in [0.15, 0.2) is 5.78 Å². The number of benzene rings is 1. The lowest BCUT2D eigenvalue weighted by atomic mass is 10.2. The molecule has 1 aromatic carbocycles. The molecule has 0 saturated carbocycles. The van der Waals surface area contributed by atoms with Gasteiger partial charge in [-0.2, -0.15) is 0 Å². The topological polar surface area (TPSA) is 108 Å². The first kappa shape index (κ1) is 21.5. The van der Waals surface area contributed by atoms with Crippen LogP contribution in [0.2, 0.25) is 10.0 Å². The highest BCUT2D eigenvalue weighted by Gasteiger charge is 2.18. The quantitative estimate of drug-likeness (QED) is 0.307. The van der Waals surface area contributed by atoms with Crippen LogP contribution in [0.15, 0.2) is 30.9 Å². The molecule has 0 unspecified atom stereocenters. The molecule has 140 valence electrons. The van der Waals surface area contributed by atoms with Crippen molar-refractivity contribution in [3.05, 3.63) is 46.5 Å². The second-order valence-corrected chi connectivity index (χ2v) is 5.49. The number of halogens is 2. The number of esters is 1. The zero-order valence-electron chi connectivity index (χ0n) is 13.5. The highest BCUT2D eigenvalue weighted by molar-refractivity contribution is 6.39. The Morgan fingerprint density at radius 1 is 1.08 bits per heavy atom. The second-order valence-electron chi connectivity index (χ2n) is 4.67. The molecule has 0 aliphatic carbocycles. The molecule has 0 bridgehead atoms. The van der Waals surface area contributed by atoms with Gasteiger partial charge in [-0.25, -0.2) is 14.4 Å². The number of Topliss-reactive ketones (excluding diaryl/α,β-unsaturated/α-hetero) is 1. The van der Waals surface area contributed by atoms with Gasteiger partial charge < -0.3 is 14.3 Å². The Labute approximate surface area is 158 Å². The Kier molecular flexibility index (Phi) is 9.18. The van der Waals surface area contributed by atoms with Gasteiger partial charge in [0.2, 0.25) is 0 Å². The number of hydrogen-bond donors (Lipinski definition) is 1. The summed E-state index contributed by atoms with van der Waals surface area (Å²) >= 11 is 11.7. The average Bonchev–Trinajstić information content (AvgIpc) is 2.61. The van der Waals surface area contributed by atoms with Crippen molar-refractivity contribution in [1.29, 1.82) is 0 Å². The van der Waals surface area contributed by atoms with Crippen molar-refractivity contribution >= 4 is 47.0 Å². The molecular formula is C16H15Cl2NO7. The second kappa shape index (κ2) is 11.1. The number of rotatable bonds is 8. The maximum Gasteiger partial charge on any atom is 0.441 e. The van der Waals surface area contributed by atoms with Gasteiger partial charge in [0.1, 0.15) is 13.2 Å². The Balaban J connectivity index is 2.32. The summed E-state index contributed by atoms with van der Waals surface area (Å²) in [5.74, 6) is -2.26. The molecule has 0 atom stereocenters. The van der Waals surface area contributed by atoms with Crippen LogP contribution in [0.25, 0.3) is 0 Å². The number of hydrogen-bond acceptors (Lipinski definition) is 7. The summed E-state index contributed by atoms with van der Waals surface area (Å²) in [6.07, 6.45) is -0.233. The Morgan fingerprint density at radius 2 is 1.73 bits per heavy atom. The van der Waals surface area contributed by atoms with E-state index in [-0.39, 0.29) is 35.1 Å². The van der Waals surface area contributed by atoms with Gasteiger partial charge in [-0.3, -0.25) is 4.79 Å². The summed E-state index contributed by atoms with van der Waals surface area (Å²) < 4.78 is 9.32. The van der Waals surface area contributed by atoms with E-state index in [1.54, 1.807) is 11.5 Å². The fraction of sp³-hybridized carbons (Fsp3) is 0.250. The first-order valence-electron chi connectivity index (χ1n) is 7.21. The number of ether oxygens (including phenoxy) is 2. The fourth-order valence-corrected chi connectivity index (χ4v) is 2.09. The summed E-state index contributed by atoms with van der Waals surface area (Å²) in [6.45, 7) is 2.71. The van der Waals surface area contributed by atoms with E-state index in [1.165, 1.54) is 18.2 Å². The predicted molar refractivity (Wildman–Crippen MR) is 91.8 cm³/mol. The predicted octanol–water partition coefficient (Wildman–Crippen LogP) is 2.87. The molecule has 8 nitrogen and oxygen atoms in total. The highest BCUT2D eigenvalue weighted by Crippen LogP contribution is 2.24. The van der Waals surface area contributed by atoms with Crippen LogP contribution in [0.5, 0.6) is 0 Å². The van der Waals surface area contributed by atoms with E-state index >= 15 is 0 Å². The third kappa shape index (κ3) is 7.54. The van der Waals surface area contributed by atoms with E-state index < -0.39 is 30.4 Å². The summed E-state index contributed by atoms with van der Waals surface area (Å²) in [5, 5.41) is 0.181. The minimum Gasteiger partial charge on any atom is -0.454 e. The van der Waals surface area contributed by atoms with Crippen molar-refractivity contribution in [2.45, 2.75) is 12.8 Å². The van der Waals surface area contributed by atoms with E-state index in [2.05, 4.69) is 16.2 Å². The normalized spacial score (nSPS) is 9.77. The molecular weight excluding hydrogens is 389 g/mol. The van der Waals surface area contributed by atoms with E-state index in [0.29, 0.717) is 0 Å². The summed E-state index contributed by atoms with van der Waals surface area (Å²) in [5.41, 5.74) is 1.69. The molecule has 1 amide bonds. The molecule has 0 heterocycles. The standard InChI is InChI=1S/C16H15Cl2NO7/c1-2-8-24-16(23)19-26-13(21)7-6-10(20)9-25-15(22)14-11(17)4-3-5-12(14)18/h2-5H,1,6-9H2,(H,19,23). The Bertz CT molecular complexity index is 686. The van der Waals surface area contributed by atoms with Crippen LogP contribution in [-0.2, 0) is 23.9 Å². The van der Waals surface area contributed by atoms with Crippen LogP contribution < -0.4 is 5.48 Å². The average molecular weight is 404 g/mol. The van der Waals surface area contributed by atoms with Crippen LogP contribution in [0.1, 0.15) is 23.2 Å². The molecule has 0 radical (unpaired) electrons. The van der Waals surface area contributed by atoms with E-state index in [0.717, 1.165) is 0 Å². The minimum atomic E-state index is -0.977. The molecule has 1 N–H and O–H groups in total. The minimum absolute atomic E-state index is 0.0507. The van der Waals surface area contributed by atoms with Crippen molar-refractivity contribution in [3.63, 3.8) is 0 Å². The SMILES string of the molecule is C=CCOC(=O)NOC(=O)CCC(=O)COC(=O)c1c(Cl)cccc1Cl. The largest absolute Gasteiger partial charge is 0.454 e. The van der Waals surface area contributed by atoms with Crippen LogP contribution in [-0.4, -0.2) is 37.0 Å². The highest BCUT2D eigenvalue weighted by atomic mass is 35.5. The Hall–Kier alpha value is -2.58. The maximum absolute atomic E-state index is 11.9. The maximum atomic E-state index is 11.9. The summed E-state index contributed by atoms with van der Waals surface area (Å²) in [7, 11) is 0. The smallest absolute Gasteiger partial charge is 0.441 e. The lowest BCUT2D eigenvalue weighted by molar-refractivity contribution is -0.150. The number of amides is 1. The van der Waals surface area contributed by atoms with Crippen molar-refractivity contribution in [2.24, 2.45) is 0 Å². The first-order valence-corrected chi connectivity index (χ1v) is 7.97. The fourth-order valence-electron chi connectivity index (χ4n) is 1.54. The molecule has 0 fully saturated rings. The third-order valence-electron chi connectivity index (χ3n) is 2.72. The molecule has 0 aliphatic heterocycles. The van der Waals surface area contributed by atoms with E-state index in [1.807, 2.05) is 0 Å². The lowest BCUT2D eigenvalue weighted by Crippen LogP contribution is -2.28. The Morgan fingerprint density at radius 3 is 2.35 bits per heavy atom. The number of carbonyl (C=O) groups is 4. The van der Waals surface area contributed by atoms with Gasteiger partial charge >= 0.3 is 18.0 Å². The molecule has 0 spiro atoms. The van der Waals surface area contributed by atoms with Gasteiger partial charge in [0.25, 0.3) is 0 Å². The molecule has 1 aromatic rings. The number of hydroxylamine groups is 1. The zero-order valence-corrected chi connectivity index (χ0v) is 15.0. The van der Waals surface area contributed by atoms with Gasteiger partial charge in [0, 0.05) is 6.42 Å². The van der Waals surface area contributed by atoms with Gasteiger partial charge in [-0.05, 0) is 12.1 Å². The van der Waals surface area contributed by atoms with Gasteiger partial charge in [-0.15, -0.1) is 5.48 Å². The molecule has 10 heteroatoms. The number of carbonyl (C=O) groups excluding carboxylic acids is 4. The van der Waals surface area contributed by atoms with Crippen molar-refractivity contribution < 1.29 is 33.5 Å². The van der Waals surface area contributed by atoms with Gasteiger partial charge in [-0.1, -0.05) is 41.9 Å². The van der Waals surface area contributed by atoms with Crippen LogP contribution in [0.4, 0.5) is 4.79 Å². The van der Waals surface area contributed by atoms with Crippen molar-refractivity contribution in [3.8, 4) is 0 Å². The van der Waals surface area contributed by atoms with Gasteiger partial charge in [0.05, 0.1) is 22.0 Å². The monoisotopic (exact) mass is 403 g/mol. The van der Waals surface area contributed by atoms with Crippen LogP contribution in [0.3, 0.4) is 0 Å². The molecule has 26 heavy (non-hydrogen) atoms. The lowest BCUT2D eigenvalue weighted by Gasteiger charge is -2.07. The number of nitrogens with one attached hydrogen (secondary N) is 1. The molecule has 0 aromatic heterocycles.